The Morgan fingerprint density at radius 2 is 1.96 bits per heavy atom. The van der Waals surface area contributed by atoms with Gasteiger partial charge < -0.3 is 5.32 Å². The molecule has 130 valence electrons. The standard InChI is InChI=1S/C18H19N3O3S/c1-3-9-19-15(22)11-20-14-8-10-25-16(14)17(23)21(18(20)24)13-7-5-4-6-12(13)2/h4-8,10H,3,9,11H2,1-2H3,(H,19,22). The van der Waals surface area contributed by atoms with Crippen molar-refractivity contribution in [1.29, 1.82) is 0 Å². The van der Waals surface area contributed by atoms with E-state index >= 15 is 0 Å². The molecule has 0 saturated heterocycles. The van der Waals surface area contributed by atoms with Gasteiger partial charge in [-0.25, -0.2) is 9.36 Å². The van der Waals surface area contributed by atoms with E-state index in [2.05, 4.69) is 5.32 Å². The lowest BCUT2D eigenvalue weighted by molar-refractivity contribution is -0.121. The molecule has 0 aliphatic carbocycles. The normalized spacial score (nSPS) is 11.0. The summed E-state index contributed by atoms with van der Waals surface area (Å²) in [5.74, 6) is -0.244. The molecule has 0 radical (unpaired) electrons. The Morgan fingerprint density at radius 3 is 2.68 bits per heavy atom. The highest BCUT2D eigenvalue weighted by atomic mass is 32.1. The van der Waals surface area contributed by atoms with Crippen LogP contribution in [0.4, 0.5) is 0 Å². The molecule has 2 aromatic heterocycles. The van der Waals surface area contributed by atoms with Crippen LogP contribution in [0.1, 0.15) is 18.9 Å². The van der Waals surface area contributed by atoms with Gasteiger partial charge in [0.1, 0.15) is 11.2 Å². The number of carbonyl (C=O) groups excluding carboxylic acids is 1. The molecule has 6 nitrogen and oxygen atoms in total. The number of benzene rings is 1. The highest BCUT2D eigenvalue weighted by Gasteiger charge is 2.18. The summed E-state index contributed by atoms with van der Waals surface area (Å²) in [5.41, 5.74) is 0.998. The first kappa shape index (κ1) is 17.2. The average Bonchev–Trinajstić information content (AvgIpc) is 3.08. The quantitative estimate of drug-likeness (QED) is 0.759. The van der Waals surface area contributed by atoms with Crippen molar-refractivity contribution in [2.75, 3.05) is 6.54 Å². The number of carbonyl (C=O) groups is 1. The number of amides is 1. The molecule has 1 amide bonds. The second kappa shape index (κ2) is 7.06. The number of rotatable bonds is 5. The molecule has 0 spiro atoms. The summed E-state index contributed by atoms with van der Waals surface area (Å²) in [5, 5.41) is 4.53. The molecule has 2 heterocycles. The van der Waals surface area contributed by atoms with E-state index in [1.807, 2.05) is 26.0 Å². The second-order valence-corrected chi connectivity index (χ2v) is 6.70. The number of aromatic nitrogens is 2. The lowest BCUT2D eigenvalue weighted by Gasteiger charge is -2.13. The van der Waals surface area contributed by atoms with E-state index in [4.69, 9.17) is 0 Å². The van der Waals surface area contributed by atoms with E-state index in [1.54, 1.807) is 23.6 Å². The van der Waals surface area contributed by atoms with Gasteiger partial charge in [0, 0.05) is 6.54 Å². The zero-order valence-electron chi connectivity index (χ0n) is 14.1. The zero-order valence-corrected chi connectivity index (χ0v) is 14.9. The summed E-state index contributed by atoms with van der Waals surface area (Å²) >= 11 is 1.27. The van der Waals surface area contributed by atoms with Crippen LogP contribution < -0.4 is 16.6 Å². The molecule has 0 unspecified atom stereocenters. The van der Waals surface area contributed by atoms with Gasteiger partial charge in [0.05, 0.1) is 11.2 Å². The molecule has 0 fully saturated rings. The second-order valence-electron chi connectivity index (χ2n) is 5.78. The first-order valence-electron chi connectivity index (χ1n) is 8.10. The van der Waals surface area contributed by atoms with Crippen LogP contribution in [0.3, 0.4) is 0 Å². The van der Waals surface area contributed by atoms with E-state index in [9.17, 15) is 14.4 Å². The van der Waals surface area contributed by atoms with Crippen LogP contribution in [-0.4, -0.2) is 21.6 Å². The van der Waals surface area contributed by atoms with Crippen LogP contribution in [0, 0.1) is 6.92 Å². The first-order valence-corrected chi connectivity index (χ1v) is 8.98. The Hall–Kier alpha value is -2.67. The Morgan fingerprint density at radius 1 is 1.20 bits per heavy atom. The number of para-hydroxylation sites is 1. The lowest BCUT2D eigenvalue weighted by atomic mass is 10.2. The topological polar surface area (TPSA) is 73.1 Å². The molecule has 0 aliphatic heterocycles. The van der Waals surface area contributed by atoms with Gasteiger partial charge in [0.2, 0.25) is 5.91 Å². The number of fused-ring (bicyclic) bond motifs is 1. The summed E-state index contributed by atoms with van der Waals surface area (Å²) in [6.07, 6.45) is 0.817. The molecule has 0 bridgehead atoms. The molecule has 25 heavy (non-hydrogen) atoms. The third kappa shape index (κ3) is 3.15. The van der Waals surface area contributed by atoms with Crippen LogP contribution >= 0.6 is 11.3 Å². The Bertz CT molecular complexity index is 1050. The fourth-order valence-corrected chi connectivity index (χ4v) is 3.55. The number of thiophene rings is 1. The van der Waals surface area contributed by atoms with Crippen LogP contribution in [-0.2, 0) is 11.3 Å². The molecule has 1 N–H and O–H groups in total. The number of hydrogen-bond donors (Lipinski definition) is 1. The Kier molecular flexibility index (Phi) is 4.85. The zero-order chi connectivity index (χ0) is 18.0. The smallest absolute Gasteiger partial charge is 0.336 e. The van der Waals surface area contributed by atoms with Crippen molar-refractivity contribution in [3.8, 4) is 5.69 Å². The van der Waals surface area contributed by atoms with Gasteiger partial charge >= 0.3 is 5.69 Å². The first-order chi connectivity index (χ1) is 12.0. The van der Waals surface area contributed by atoms with E-state index < -0.39 is 5.69 Å². The third-order valence-corrected chi connectivity index (χ3v) is 4.88. The van der Waals surface area contributed by atoms with Crippen molar-refractivity contribution < 1.29 is 4.79 Å². The van der Waals surface area contributed by atoms with Gasteiger partial charge in [-0.15, -0.1) is 11.3 Å². The highest BCUT2D eigenvalue weighted by molar-refractivity contribution is 7.17. The largest absolute Gasteiger partial charge is 0.355 e. The van der Waals surface area contributed by atoms with E-state index in [0.717, 1.165) is 16.6 Å². The van der Waals surface area contributed by atoms with Crippen LogP contribution in [0.2, 0.25) is 0 Å². The van der Waals surface area contributed by atoms with E-state index in [0.29, 0.717) is 22.4 Å². The van der Waals surface area contributed by atoms with Gasteiger partial charge in [0.25, 0.3) is 5.56 Å². The van der Waals surface area contributed by atoms with Crippen LogP contribution in [0.5, 0.6) is 0 Å². The van der Waals surface area contributed by atoms with Gasteiger partial charge in [-0.05, 0) is 36.4 Å². The van der Waals surface area contributed by atoms with Crippen molar-refractivity contribution in [2.24, 2.45) is 0 Å². The molecule has 3 rings (SSSR count). The third-order valence-electron chi connectivity index (χ3n) is 3.99. The van der Waals surface area contributed by atoms with Crippen molar-refractivity contribution in [2.45, 2.75) is 26.8 Å². The van der Waals surface area contributed by atoms with Gasteiger partial charge in [-0.1, -0.05) is 25.1 Å². The fourth-order valence-electron chi connectivity index (χ4n) is 2.73. The Labute approximate surface area is 148 Å². The van der Waals surface area contributed by atoms with Crippen LogP contribution in [0.25, 0.3) is 15.9 Å². The molecular weight excluding hydrogens is 338 g/mol. The highest BCUT2D eigenvalue weighted by Crippen LogP contribution is 2.17. The summed E-state index contributed by atoms with van der Waals surface area (Å²) in [6, 6.07) is 8.92. The minimum Gasteiger partial charge on any atom is -0.355 e. The molecule has 0 atom stereocenters. The molecule has 7 heteroatoms. The predicted molar refractivity (Wildman–Crippen MR) is 99.7 cm³/mol. The van der Waals surface area contributed by atoms with Crippen molar-refractivity contribution >= 4 is 27.5 Å². The minimum atomic E-state index is -0.503. The molecule has 0 aliphatic rings. The summed E-state index contributed by atoms with van der Waals surface area (Å²) in [4.78, 5) is 38.0. The Balaban J connectivity index is 2.23. The minimum absolute atomic E-state index is 0.113. The van der Waals surface area contributed by atoms with Crippen molar-refractivity contribution in [3.63, 3.8) is 0 Å². The number of nitrogens with zero attached hydrogens (tertiary/aromatic N) is 2. The van der Waals surface area contributed by atoms with Crippen LogP contribution in [0.15, 0.2) is 45.3 Å². The number of aryl methyl sites for hydroxylation is 1. The maximum absolute atomic E-state index is 13.0. The van der Waals surface area contributed by atoms with E-state index in [1.165, 1.54) is 15.9 Å². The van der Waals surface area contributed by atoms with Gasteiger partial charge in [-0.3, -0.25) is 14.2 Å². The predicted octanol–water partition coefficient (Wildman–Crippen LogP) is 2.05. The molecule has 1 aromatic carbocycles. The molecule has 0 saturated carbocycles. The number of nitrogens with one attached hydrogen (secondary N) is 1. The van der Waals surface area contributed by atoms with Crippen molar-refractivity contribution in [3.05, 3.63) is 62.1 Å². The lowest BCUT2D eigenvalue weighted by Crippen LogP contribution is -2.41. The summed E-state index contributed by atoms with van der Waals surface area (Å²) < 4.78 is 2.98. The maximum Gasteiger partial charge on any atom is 0.336 e. The number of hydrogen-bond acceptors (Lipinski definition) is 4. The van der Waals surface area contributed by atoms with Gasteiger partial charge in [0.15, 0.2) is 0 Å². The molecule has 3 aromatic rings. The van der Waals surface area contributed by atoms with Gasteiger partial charge in [-0.2, -0.15) is 0 Å². The fraction of sp³-hybridized carbons (Fsp3) is 0.278. The summed E-state index contributed by atoms with van der Waals surface area (Å²) in [6.45, 7) is 4.25. The average molecular weight is 357 g/mol. The van der Waals surface area contributed by atoms with Crippen molar-refractivity contribution in [1.82, 2.24) is 14.5 Å². The maximum atomic E-state index is 13.0. The monoisotopic (exact) mass is 357 g/mol. The summed E-state index contributed by atoms with van der Waals surface area (Å²) in [7, 11) is 0. The SMILES string of the molecule is CCCNC(=O)Cn1c(=O)n(-c2ccccc2C)c(=O)c2sccc21. The molecular formula is C18H19N3O3S. The van der Waals surface area contributed by atoms with E-state index in [-0.39, 0.29) is 18.0 Å².